The minimum Gasteiger partial charge on any atom is -0.326 e. The van der Waals surface area contributed by atoms with Crippen molar-refractivity contribution >= 4 is 11.6 Å². The van der Waals surface area contributed by atoms with Gasteiger partial charge in [0.2, 0.25) is 5.91 Å². The van der Waals surface area contributed by atoms with Crippen LogP contribution in [0.25, 0.3) is 11.3 Å². The monoisotopic (exact) mass is 333 g/mol. The first-order valence-electron chi connectivity index (χ1n) is 8.12. The van der Waals surface area contributed by atoms with Crippen LogP contribution in [-0.4, -0.2) is 15.7 Å². The Morgan fingerprint density at radius 3 is 2.44 bits per heavy atom. The highest BCUT2D eigenvalue weighted by Crippen LogP contribution is 2.14. The van der Waals surface area contributed by atoms with Crippen LogP contribution in [0, 0.1) is 6.92 Å². The summed E-state index contributed by atoms with van der Waals surface area (Å²) >= 11 is 0. The topological polar surface area (TPSA) is 64.0 Å². The van der Waals surface area contributed by atoms with Crippen LogP contribution in [-0.2, 0) is 11.3 Å². The number of nitrogens with zero attached hydrogens (tertiary/aromatic N) is 2. The Kier molecular flexibility index (Phi) is 5.04. The second-order valence-corrected chi connectivity index (χ2v) is 5.81. The molecule has 1 N–H and O–H groups in total. The summed E-state index contributed by atoms with van der Waals surface area (Å²) in [6.45, 7) is 2.22. The SMILES string of the molecule is Cc1ccc(NC(=O)CCn2nc(-c3ccccc3)ccc2=O)cc1. The molecule has 0 fully saturated rings. The molecule has 0 aliphatic carbocycles. The van der Waals surface area contributed by atoms with Gasteiger partial charge in [0.25, 0.3) is 5.56 Å². The summed E-state index contributed by atoms with van der Waals surface area (Å²) in [5, 5.41) is 7.18. The van der Waals surface area contributed by atoms with E-state index in [2.05, 4.69) is 10.4 Å². The number of anilines is 1. The lowest BCUT2D eigenvalue weighted by Gasteiger charge is -2.08. The average molecular weight is 333 g/mol. The number of rotatable bonds is 5. The maximum Gasteiger partial charge on any atom is 0.266 e. The Hall–Kier alpha value is -3.21. The van der Waals surface area contributed by atoms with Crippen molar-refractivity contribution in [1.29, 1.82) is 0 Å². The van der Waals surface area contributed by atoms with Crippen LogP contribution < -0.4 is 10.9 Å². The standard InChI is InChI=1S/C20H19N3O2/c1-15-7-9-17(10-8-15)21-19(24)13-14-23-20(25)12-11-18(22-23)16-5-3-2-4-6-16/h2-12H,13-14H2,1H3,(H,21,24). The van der Waals surface area contributed by atoms with Crippen LogP contribution >= 0.6 is 0 Å². The number of amides is 1. The first-order chi connectivity index (χ1) is 12.1. The zero-order chi connectivity index (χ0) is 17.6. The number of carbonyl (C=O) groups excluding carboxylic acids is 1. The van der Waals surface area contributed by atoms with Crippen molar-refractivity contribution in [3.8, 4) is 11.3 Å². The average Bonchev–Trinajstić information content (AvgIpc) is 2.64. The van der Waals surface area contributed by atoms with Crippen LogP contribution in [0.3, 0.4) is 0 Å². The second-order valence-electron chi connectivity index (χ2n) is 5.81. The summed E-state index contributed by atoms with van der Waals surface area (Å²) in [4.78, 5) is 24.1. The van der Waals surface area contributed by atoms with Gasteiger partial charge >= 0.3 is 0 Å². The highest BCUT2D eigenvalue weighted by atomic mass is 16.2. The molecule has 0 saturated carbocycles. The molecule has 2 aromatic carbocycles. The van der Waals surface area contributed by atoms with E-state index >= 15 is 0 Å². The van der Waals surface area contributed by atoms with Gasteiger partial charge in [-0.3, -0.25) is 9.59 Å². The normalized spacial score (nSPS) is 10.4. The molecular weight excluding hydrogens is 314 g/mol. The zero-order valence-electron chi connectivity index (χ0n) is 14.0. The molecular formula is C20H19N3O2. The van der Waals surface area contributed by atoms with Crippen LogP contribution in [0.1, 0.15) is 12.0 Å². The molecule has 0 aliphatic rings. The number of hydrogen-bond donors (Lipinski definition) is 1. The smallest absolute Gasteiger partial charge is 0.266 e. The summed E-state index contributed by atoms with van der Waals surface area (Å²) in [6, 6.07) is 20.4. The number of aryl methyl sites for hydroxylation is 2. The third-order valence-corrected chi connectivity index (χ3v) is 3.82. The lowest BCUT2D eigenvalue weighted by Crippen LogP contribution is -2.25. The van der Waals surface area contributed by atoms with Crippen molar-refractivity contribution in [2.45, 2.75) is 19.9 Å². The van der Waals surface area contributed by atoms with E-state index in [1.54, 1.807) is 6.07 Å². The van der Waals surface area contributed by atoms with Gasteiger partial charge in [0.1, 0.15) is 0 Å². The van der Waals surface area contributed by atoms with E-state index in [0.29, 0.717) is 5.69 Å². The molecule has 5 heteroatoms. The van der Waals surface area contributed by atoms with Crippen LogP contribution in [0.15, 0.2) is 71.5 Å². The van der Waals surface area contributed by atoms with E-state index in [1.807, 2.05) is 61.5 Å². The van der Waals surface area contributed by atoms with Gasteiger partial charge in [-0.25, -0.2) is 4.68 Å². The van der Waals surface area contributed by atoms with Gasteiger partial charge in [0.05, 0.1) is 12.2 Å². The first-order valence-corrected chi connectivity index (χ1v) is 8.12. The largest absolute Gasteiger partial charge is 0.326 e. The Labute approximate surface area is 145 Å². The fourth-order valence-corrected chi connectivity index (χ4v) is 2.44. The van der Waals surface area contributed by atoms with E-state index < -0.39 is 0 Å². The predicted molar refractivity (Wildman–Crippen MR) is 98.4 cm³/mol. The van der Waals surface area contributed by atoms with Gasteiger partial charge in [-0.15, -0.1) is 0 Å². The molecule has 0 unspecified atom stereocenters. The van der Waals surface area contributed by atoms with E-state index in [4.69, 9.17) is 0 Å². The first kappa shape index (κ1) is 16.6. The number of hydrogen-bond acceptors (Lipinski definition) is 3. The molecule has 0 aliphatic heterocycles. The minimum absolute atomic E-state index is 0.150. The molecule has 5 nitrogen and oxygen atoms in total. The summed E-state index contributed by atoms with van der Waals surface area (Å²) in [6.07, 6.45) is 0.180. The van der Waals surface area contributed by atoms with Gasteiger partial charge in [-0.05, 0) is 25.1 Å². The van der Waals surface area contributed by atoms with E-state index in [0.717, 1.165) is 16.8 Å². The molecule has 1 heterocycles. The third-order valence-electron chi connectivity index (χ3n) is 3.82. The van der Waals surface area contributed by atoms with Crippen LogP contribution in [0.5, 0.6) is 0 Å². The summed E-state index contributed by atoms with van der Waals surface area (Å²) < 4.78 is 1.33. The number of aromatic nitrogens is 2. The van der Waals surface area contributed by atoms with Gasteiger partial charge in [-0.2, -0.15) is 5.10 Å². The quantitative estimate of drug-likeness (QED) is 0.779. The summed E-state index contributed by atoms with van der Waals surface area (Å²) in [5.74, 6) is -0.150. The molecule has 3 aromatic rings. The highest BCUT2D eigenvalue weighted by Gasteiger charge is 2.07. The maximum absolute atomic E-state index is 12.1. The molecule has 1 aromatic heterocycles. The lowest BCUT2D eigenvalue weighted by molar-refractivity contribution is -0.116. The molecule has 25 heavy (non-hydrogen) atoms. The van der Waals surface area contributed by atoms with E-state index in [1.165, 1.54) is 10.7 Å². The molecule has 0 spiro atoms. The molecule has 126 valence electrons. The van der Waals surface area contributed by atoms with Gasteiger partial charge < -0.3 is 5.32 Å². The van der Waals surface area contributed by atoms with Gasteiger partial charge in [-0.1, -0.05) is 48.0 Å². The highest BCUT2D eigenvalue weighted by molar-refractivity contribution is 5.90. The fraction of sp³-hybridized carbons (Fsp3) is 0.150. The number of nitrogens with one attached hydrogen (secondary N) is 1. The molecule has 0 radical (unpaired) electrons. The molecule has 0 saturated heterocycles. The number of carbonyl (C=O) groups is 1. The third kappa shape index (κ3) is 4.41. The van der Waals surface area contributed by atoms with Gasteiger partial charge in [0, 0.05) is 23.7 Å². The lowest BCUT2D eigenvalue weighted by atomic mass is 10.1. The van der Waals surface area contributed by atoms with Crippen molar-refractivity contribution in [2.24, 2.45) is 0 Å². The van der Waals surface area contributed by atoms with Crippen LogP contribution in [0.4, 0.5) is 5.69 Å². The van der Waals surface area contributed by atoms with Crippen molar-refractivity contribution in [3.05, 3.63) is 82.6 Å². The van der Waals surface area contributed by atoms with Gasteiger partial charge in [0.15, 0.2) is 0 Å². The minimum atomic E-state index is -0.220. The number of benzene rings is 2. The summed E-state index contributed by atoms with van der Waals surface area (Å²) in [5.41, 5.74) is 3.29. The fourth-order valence-electron chi connectivity index (χ4n) is 2.44. The Balaban J connectivity index is 1.67. The molecule has 1 amide bonds. The van der Waals surface area contributed by atoms with Crippen molar-refractivity contribution in [3.63, 3.8) is 0 Å². The summed E-state index contributed by atoms with van der Waals surface area (Å²) in [7, 11) is 0. The van der Waals surface area contributed by atoms with E-state index in [9.17, 15) is 9.59 Å². The Morgan fingerprint density at radius 1 is 1.00 bits per heavy atom. The van der Waals surface area contributed by atoms with Crippen LogP contribution in [0.2, 0.25) is 0 Å². The predicted octanol–water partition coefficient (Wildman–Crippen LogP) is 3.25. The molecule has 0 atom stereocenters. The molecule has 3 rings (SSSR count). The maximum atomic E-state index is 12.1. The molecule has 0 bridgehead atoms. The Bertz CT molecular complexity index is 916. The zero-order valence-corrected chi connectivity index (χ0v) is 14.0. The van der Waals surface area contributed by atoms with E-state index in [-0.39, 0.29) is 24.4 Å². The van der Waals surface area contributed by atoms with Crippen molar-refractivity contribution in [1.82, 2.24) is 9.78 Å². The second kappa shape index (κ2) is 7.57. The Morgan fingerprint density at radius 2 is 1.72 bits per heavy atom. The van der Waals surface area contributed by atoms with Crippen molar-refractivity contribution < 1.29 is 4.79 Å². The van der Waals surface area contributed by atoms with Crippen molar-refractivity contribution in [2.75, 3.05) is 5.32 Å².